The first-order valence-corrected chi connectivity index (χ1v) is 8.26. The van der Waals surface area contributed by atoms with Gasteiger partial charge in [-0.1, -0.05) is 42.5 Å². The number of aromatic nitrogens is 3. The summed E-state index contributed by atoms with van der Waals surface area (Å²) in [6, 6.07) is 19.8. The number of benzene rings is 2. The minimum atomic E-state index is -0.178. The fourth-order valence-corrected chi connectivity index (χ4v) is 2.86. The zero-order valence-electron chi connectivity index (χ0n) is 14.2. The molecule has 0 aliphatic rings. The van der Waals surface area contributed by atoms with Gasteiger partial charge in [0.1, 0.15) is 0 Å². The van der Waals surface area contributed by atoms with Crippen LogP contribution in [-0.2, 0) is 4.79 Å². The molecule has 126 valence electrons. The van der Waals surface area contributed by atoms with Gasteiger partial charge in [0.15, 0.2) is 5.82 Å². The van der Waals surface area contributed by atoms with Gasteiger partial charge in [-0.2, -0.15) is 0 Å². The van der Waals surface area contributed by atoms with Crippen LogP contribution in [0.4, 0.5) is 5.82 Å². The minimum Gasteiger partial charge on any atom is -0.310 e. The van der Waals surface area contributed by atoms with Gasteiger partial charge in [0, 0.05) is 29.6 Å². The van der Waals surface area contributed by atoms with Crippen molar-refractivity contribution in [1.29, 1.82) is 0 Å². The molecule has 2 aromatic heterocycles. The minimum absolute atomic E-state index is 0.178. The number of hydrogen-bond acceptors (Lipinski definition) is 4. The topological polar surface area (TPSA) is 67.8 Å². The molecule has 26 heavy (non-hydrogen) atoms. The molecule has 0 saturated heterocycles. The first-order chi connectivity index (χ1) is 12.7. The zero-order chi connectivity index (χ0) is 17.9. The van der Waals surface area contributed by atoms with E-state index in [0.29, 0.717) is 5.82 Å². The SMILES string of the molecule is CC(=O)Nc1cnc(-c2ccc3ncccc3c2)c(-c2ccccc2)n1. The third kappa shape index (κ3) is 3.15. The molecular weight excluding hydrogens is 324 g/mol. The van der Waals surface area contributed by atoms with Crippen molar-refractivity contribution in [3.8, 4) is 22.5 Å². The summed E-state index contributed by atoms with van der Waals surface area (Å²) in [6.45, 7) is 1.45. The highest BCUT2D eigenvalue weighted by Gasteiger charge is 2.13. The Balaban J connectivity index is 1.90. The van der Waals surface area contributed by atoms with Crippen LogP contribution in [0.5, 0.6) is 0 Å². The number of carbonyl (C=O) groups excluding carboxylic acids is 1. The van der Waals surface area contributed by atoms with Crippen LogP contribution >= 0.6 is 0 Å². The van der Waals surface area contributed by atoms with Crippen LogP contribution in [0.1, 0.15) is 6.92 Å². The molecule has 0 unspecified atom stereocenters. The Morgan fingerprint density at radius 3 is 2.54 bits per heavy atom. The Hall–Kier alpha value is -3.60. The molecule has 0 bridgehead atoms. The van der Waals surface area contributed by atoms with Crippen LogP contribution in [-0.4, -0.2) is 20.9 Å². The molecule has 2 aromatic carbocycles. The molecule has 0 aliphatic carbocycles. The lowest BCUT2D eigenvalue weighted by Gasteiger charge is -2.11. The van der Waals surface area contributed by atoms with E-state index in [0.717, 1.165) is 33.4 Å². The van der Waals surface area contributed by atoms with Crippen molar-refractivity contribution in [2.45, 2.75) is 6.92 Å². The van der Waals surface area contributed by atoms with Crippen LogP contribution < -0.4 is 5.32 Å². The van der Waals surface area contributed by atoms with Gasteiger partial charge in [0.05, 0.1) is 23.1 Å². The van der Waals surface area contributed by atoms with Crippen LogP contribution in [0.2, 0.25) is 0 Å². The van der Waals surface area contributed by atoms with Crippen molar-refractivity contribution in [2.75, 3.05) is 5.32 Å². The van der Waals surface area contributed by atoms with Gasteiger partial charge in [0.25, 0.3) is 0 Å². The molecule has 0 saturated carbocycles. The fraction of sp³-hybridized carbons (Fsp3) is 0.0476. The molecule has 4 rings (SSSR count). The summed E-state index contributed by atoms with van der Waals surface area (Å²) in [5.41, 5.74) is 4.30. The van der Waals surface area contributed by atoms with E-state index >= 15 is 0 Å². The van der Waals surface area contributed by atoms with Gasteiger partial charge >= 0.3 is 0 Å². The number of pyridine rings is 1. The van der Waals surface area contributed by atoms with E-state index in [2.05, 4.69) is 26.3 Å². The second-order valence-electron chi connectivity index (χ2n) is 5.91. The summed E-state index contributed by atoms with van der Waals surface area (Å²) in [5.74, 6) is 0.255. The fourth-order valence-electron chi connectivity index (χ4n) is 2.86. The van der Waals surface area contributed by atoms with Gasteiger partial charge in [-0.05, 0) is 18.2 Å². The van der Waals surface area contributed by atoms with Gasteiger partial charge < -0.3 is 5.32 Å². The van der Waals surface area contributed by atoms with Gasteiger partial charge in [-0.15, -0.1) is 0 Å². The normalized spacial score (nSPS) is 10.7. The quantitative estimate of drug-likeness (QED) is 0.603. The average molecular weight is 340 g/mol. The van der Waals surface area contributed by atoms with E-state index in [9.17, 15) is 4.79 Å². The number of hydrogen-bond donors (Lipinski definition) is 1. The number of rotatable bonds is 3. The van der Waals surface area contributed by atoms with E-state index in [1.807, 2.05) is 54.6 Å². The highest BCUT2D eigenvalue weighted by atomic mass is 16.1. The summed E-state index contributed by atoms with van der Waals surface area (Å²) >= 11 is 0. The van der Waals surface area contributed by atoms with Crippen LogP contribution in [0.25, 0.3) is 33.4 Å². The van der Waals surface area contributed by atoms with Crippen molar-refractivity contribution in [2.24, 2.45) is 0 Å². The lowest BCUT2D eigenvalue weighted by Crippen LogP contribution is -2.09. The summed E-state index contributed by atoms with van der Waals surface area (Å²) in [7, 11) is 0. The predicted molar refractivity (Wildman–Crippen MR) is 103 cm³/mol. The molecule has 5 nitrogen and oxygen atoms in total. The van der Waals surface area contributed by atoms with Crippen LogP contribution in [0.3, 0.4) is 0 Å². The summed E-state index contributed by atoms with van der Waals surface area (Å²) < 4.78 is 0. The standard InChI is InChI=1S/C21H16N4O/c1-14(26)24-19-13-23-20(21(25-19)15-6-3-2-4-7-15)17-9-10-18-16(12-17)8-5-11-22-18/h2-13H,1H3,(H,24,25,26). The molecule has 2 heterocycles. The van der Waals surface area contributed by atoms with Crippen LogP contribution in [0.15, 0.2) is 73.1 Å². The van der Waals surface area contributed by atoms with E-state index in [-0.39, 0.29) is 5.91 Å². The summed E-state index contributed by atoms with van der Waals surface area (Å²) in [5, 5.41) is 3.74. The third-order valence-electron chi connectivity index (χ3n) is 4.00. The second kappa shape index (κ2) is 6.72. The van der Waals surface area contributed by atoms with Gasteiger partial charge in [0.2, 0.25) is 5.91 Å². The highest BCUT2D eigenvalue weighted by Crippen LogP contribution is 2.31. The van der Waals surface area contributed by atoms with Gasteiger partial charge in [-0.25, -0.2) is 4.98 Å². The lowest BCUT2D eigenvalue weighted by atomic mass is 10.0. The van der Waals surface area contributed by atoms with Crippen molar-refractivity contribution >= 4 is 22.6 Å². The molecule has 5 heteroatoms. The predicted octanol–water partition coefficient (Wildman–Crippen LogP) is 4.32. The molecule has 0 spiro atoms. The number of amides is 1. The largest absolute Gasteiger partial charge is 0.310 e. The number of carbonyl (C=O) groups is 1. The van der Waals surface area contributed by atoms with Crippen molar-refractivity contribution in [3.05, 3.63) is 73.1 Å². The summed E-state index contributed by atoms with van der Waals surface area (Å²) in [6.07, 6.45) is 3.36. The number of nitrogens with zero attached hydrogens (tertiary/aromatic N) is 3. The molecule has 0 radical (unpaired) electrons. The lowest BCUT2D eigenvalue weighted by molar-refractivity contribution is -0.114. The Kier molecular flexibility index (Phi) is 4.11. The van der Waals surface area contributed by atoms with E-state index in [1.54, 1.807) is 12.4 Å². The first kappa shape index (κ1) is 15.9. The highest BCUT2D eigenvalue weighted by molar-refractivity contribution is 5.90. The van der Waals surface area contributed by atoms with E-state index in [4.69, 9.17) is 0 Å². The average Bonchev–Trinajstić information content (AvgIpc) is 2.68. The van der Waals surface area contributed by atoms with E-state index < -0.39 is 0 Å². The number of nitrogens with one attached hydrogen (secondary N) is 1. The Bertz CT molecular complexity index is 1090. The molecule has 1 amide bonds. The van der Waals surface area contributed by atoms with Crippen molar-refractivity contribution < 1.29 is 4.79 Å². The van der Waals surface area contributed by atoms with Crippen molar-refractivity contribution in [1.82, 2.24) is 15.0 Å². The Morgan fingerprint density at radius 2 is 1.73 bits per heavy atom. The third-order valence-corrected chi connectivity index (χ3v) is 4.00. The summed E-state index contributed by atoms with van der Waals surface area (Å²) in [4.78, 5) is 25.0. The molecule has 0 fully saturated rings. The van der Waals surface area contributed by atoms with E-state index in [1.165, 1.54) is 6.92 Å². The maximum atomic E-state index is 11.4. The Labute approximate surface area is 150 Å². The molecule has 0 aliphatic heterocycles. The van der Waals surface area contributed by atoms with Gasteiger partial charge in [-0.3, -0.25) is 14.8 Å². The maximum Gasteiger partial charge on any atom is 0.222 e. The monoisotopic (exact) mass is 340 g/mol. The molecule has 1 N–H and O–H groups in total. The molecular formula is C21H16N4O. The Morgan fingerprint density at radius 1 is 0.885 bits per heavy atom. The first-order valence-electron chi connectivity index (χ1n) is 8.26. The zero-order valence-corrected chi connectivity index (χ0v) is 14.2. The van der Waals surface area contributed by atoms with Crippen LogP contribution in [0, 0.1) is 0 Å². The molecule has 4 aromatic rings. The number of fused-ring (bicyclic) bond motifs is 1. The molecule has 0 atom stereocenters. The number of anilines is 1. The second-order valence-corrected chi connectivity index (χ2v) is 5.91. The van der Waals surface area contributed by atoms with Crippen molar-refractivity contribution in [3.63, 3.8) is 0 Å². The maximum absolute atomic E-state index is 11.4. The smallest absolute Gasteiger partial charge is 0.222 e.